The third kappa shape index (κ3) is 3.25. The van der Waals surface area contributed by atoms with Crippen molar-refractivity contribution in [2.45, 2.75) is 0 Å². The van der Waals surface area contributed by atoms with Gasteiger partial charge in [0.05, 0.1) is 11.8 Å². The molecule has 0 spiro atoms. The molecule has 0 bridgehead atoms. The van der Waals surface area contributed by atoms with Gasteiger partial charge < -0.3 is 10.0 Å². The van der Waals surface area contributed by atoms with E-state index in [2.05, 4.69) is 15.9 Å². The highest BCUT2D eigenvalue weighted by atomic mass is 16.6. The maximum Gasteiger partial charge on any atom is 0.189 e. The topological polar surface area (TPSA) is 48.5 Å². The lowest BCUT2D eigenvalue weighted by molar-refractivity contribution is -0.605. The second-order valence-electron chi connectivity index (χ2n) is 2.21. The Morgan fingerprint density at radius 2 is 2.62 bits per heavy atom. The second-order valence-corrected chi connectivity index (χ2v) is 2.21. The van der Waals surface area contributed by atoms with Crippen molar-refractivity contribution in [2.75, 3.05) is 6.61 Å². The molecule has 4 heteroatoms. The fourth-order valence-electron chi connectivity index (χ4n) is 0.721. The van der Waals surface area contributed by atoms with Crippen LogP contribution < -0.4 is 4.73 Å². The molecule has 0 unspecified atom stereocenters. The molecule has 4 nitrogen and oxygen atoms in total. The van der Waals surface area contributed by atoms with E-state index >= 15 is 0 Å². The molecule has 66 valence electrons. The van der Waals surface area contributed by atoms with Gasteiger partial charge in [-0.3, -0.25) is 0 Å². The minimum Gasteiger partial charge on any atom is -0.619 e. The van der Waals surface area contributed by atoms with E-state index in [9.17, 15) is 5.21 Å². The van der Waals surface area contributed by atoms with Gasteiger partial charge in [-0.2, -0.15) is 4.73 Å². The van der Waals surface area contributed by atoms with Crippen molar-refractivity contribution in [3.05, 3.63) is 35.3 Å². The molecule has 0 fully saturated rings. The Morgan fingerprint density at radius 1 is 1.77 bits per heavy atom. The number of terminal acetylenes is 1. The molecular weight excluding hydrogens is 168 g/mol. The van der Waals surface area contributed by atoms with Crippen LogP contribution in [0, 0.1) is 17.6 Å². The second kappa shape index (κ2) is 4.78. The molecule has 1 heterocycles. The van der Waals surface area contributed by atoms with Gasteiger partial charge in [-0.05, 0) is 6.07 Å². The summed E-state index contributed by atoms with van der Waals surface area (Å²) in [5, 5.41) is 14.3. The Kier molecular flexibility index (Phi) is 3.33. The molecule has 0 atom stereocenters. The van der Waals surface area contributed by atoms with Crippen molar-refractivity contribution in [2.24, 2.45) is 5.16 Å². The quantitative estimate of drug-likeness (QED) is 0.166. The minimum atomic E-state index is 0.126. The summed E-state index contributed by atoms with van der Waals surface area (Å²) in [5.41, 5.74) is 0.662. The molecule has 0 saturated heterocycles. The number of hydrogen-bond donors (Lipinski definition) is 0. The zero-order chi connectivity index (χ0) is 9.52. The summed E-state index contributed by atoms with van der Waals surface area (Å²) in [5.74, 6) is 2.26. The normalized spacial score (nSPS) is 9.77. The lowest BCUT2D eigenvalue weighted by Gasteiger charge is -1.94. The van der Waals surface area contributed by atoms with Crippen LogP contribution in [-0.2, 0) is 4.84 Å². The standard InChI is InChI=1S/C9H8N2O2/c1-2-6-13-10-7-9-4-3-5-11(12)8-9/h1,3-5,7-8H,6H2/b10-7+. The first-order valence-electron chi connectivity index (χ1n) is 3.60. The van der Waals surface area contributed by atoms with Crippen molar-refractivity contribution in [1.82, 2.24) is 0 Å². The van der Waals surface area contributed by atoms with Crippen LogP contribution in [0.15, 0.2) is 29.7 Å². The Hall–Kier alpha value is -2.02. The molecule has 1 aromatic heterocycles. The largest absolute Gasteiger partial charge is 0.619 e. The first-order valence-corrected chi connectivity index (χ1v) is 3.60. The van der Waals surface area contributed by atoms with Crippen LogP contribution in [0.4, 0.5) is 0 Å². The number of nitrogens with zero attached hydrogens (tertiary/aromatic N) is 2. The third-order valence-electron chi connectivity index (χ3n) is 1.22. The van der Waals surface area contributed by atoms with Gasteiger partial charge in [0.1, 0.15) is 0 Å². The lowest BCUT2D eigenvalue weighted by atomic mass is 10.3. The summed E-state index contributed by atoms with van der Waals surface area (Å²) in [4.78, 5) is 4.65. The fourth-order valence-corrected chi connectivity index (χ4v) is 0.721. The summed E-state index contributed by atoms with van der Waals surface area (Å²) in [6.07, 6.45) is 9.12. The zero-order valence-corrected chi connectivity index (χ0v) is 6.88. The predicted octanol–water partition coefficient (Wildman–Crippen LogP) is 0.304. The van der Waals surface area contributed by atoms with Gasteiger partial charge in [0.2, 0.25) is 0 Å². The molecule has 0 aliphatic rings. The molecule has 0 aliphatic carbocycles. The van der Waals surface area contributed by atoms with E-state index < -0.39 is 0 Å². The van der Waals surface area contributed by atoms with E-state index in [-0.39, 0.29) is 6.61 Å². The fraction of sp³-hybridized carbons (Fsp3) is 0.111. The predicted molar refractivity (Wildman–Crippen MR) is 47.8 cm³/mol. The highest BCUT2D eigenvalue weighted by Gasteiger charge is 1.91. The average Bonchev–Trinajstić information content (AvgIpc) is 2.13. The monoisotopic (exact) mass is 176 g/mol. The molecule has 0 radical (unpaired) electrons. The third-order valence-corrected chi connectivity index (χ3v) is 1.22. The smallest absolute Gasteiger partial charge is 0.189 e. The van der Waals surface area contributed by atoms with Gasteiger partial charge in [0.15, 0.2) is 19.0 Å². The Morgan fingerprint density at radius 3 is 3.31 bits per heavy atom. The molecule has 0 amide bonds. The summed E-state index contributed by atoms with van der Waals surface area (Å²) < 4.78 is 0.683. The van der Waals surface area contributed by atoms with Crippen LogP contribution in [0.25, 0.3) is 0 Å². The number of aromatic nitrogens is 1. The van der Waals surface area contributed by atoms with E-state index in [1.54, 1.807) is 12.1 Å². The van der Waals surface area contributed by atoms with Gasteiger partial charge in [0, 0.05) is 6.07 Å². The molecular formula is C9H8N2O2. The molecule has 1 rings (SSSR count). The van der Waals surface area contributed by atoms with Gasteiger partial charge in [-0.25, -0.2) is 0 Å². The highest BCUT2D eigenvalue weighted by molar-refractivity contribution is 5.77. The van der Waals surface area contributed by atoms with Crippen LogP contribution in [0.3, 0.4) is 0 Å². The zero-order valence-electron chi connectivity index (χ0n) is 6.88. The summed E-state index contributed by atoms with van der Waals surface area (Å²) in [6, 6.07) is 3.35. The Balaban J connectivity index is 2.54. The van der Waals surface area contributed by atoms with E-state index in [1.165, 1.54) is 18.6 Å². The molecule has 0 N–H and O–H groups in total. The van der Waals surface area contributed by atoms with Crippen molar-refractivity contribution in [1.29, 1.82) is 0 Å². The van der Waals surface area contributed by atoms with Gasteiger partial charge >= 0.3 is 0 Å². The maximum absolute atomic E-state index is 10.8. The van der Waals surface area contributed by atoms with Crippen LogP contribution in [0.1, 0.15) is 5.56 Å². The van der Waals surface area contributed by atoms with Crippen molar-refractivity contribution >= 4 is 6.21 Å². The maximum atomic E-state index is 10.8. The van der Waals surface area contributed by atoms with Crippen LogP contribution in [-0.4, -0.2) is 12.8 Å². The van der Waals surface area contributed by atoms with Gasteiger partial charge in [0.25, 0.3) is 0 Å². The Labute approximate surface area is 76.0 Å². The van der Waals surface area contributed by atoms with Crippen molar-refractivity contribution < 1.29 is 9.57 Å². The van der Waals surface area contributed by atoms with E-state index in [1.807, 2.05) is 0 Å². The van der Waals surface area contributed by atoms with E-state index in [0.717, 1.165) is 0 Å². The molecule has 0 aliphatic heterocycles. The minimum absolute atomic E-state index is 0.126. The van der Waals surface area contributed by atoms with Crippen LogP contribution in [0.5, 0.6) is 0 Å². The van der Waals surface area contributed by atoms with Crippen LogP contribution in [0.2, 0.25) is 0 Å². The number of rotatable bonds is 3. The van der Waals surface area contributed by atoms with Gasteiger partial charge in [-0.1, -0.05) is 11.1 Å². The highest BCUT2D eigenvalue weighted by Crippen LogP contribution is 1.89. The molecule has 13 heavy (non-hydrogen) atoms. The molecule has 1 aromatic rings. The van der Waals surface area contributed by atoms with E-state index in [4.69, 9.17) is 6.42 Å². The number of hydrogen-bond acceptors (Lipinski definition) is 3. The SMILES string of the molecule is C#CCO/N=C/c1ccc[n+]([O-])c1. The summed E-state index contributed by atoms with van der Waals surface area (Å²) in [6.45, 7) is 0.126. The Bertz CT molecular complexity index is 342. The number of pyridine rings is 1. The van der Waals surface area contributed by atoms with Crippen molar-refractivity contribution in [3.8, 4) is 12.3 Å². The lowest BCUT2D eigenvalue weighted by Crippen LogP contribution is -2.24. The van der Waals surface area contributed by atoms with Gasteiger partial charge in [-0.15, -0.1) is 6.42 Å². The molecule has 0 saturated carbocycles. The molecule has 0 aromatic carbocycles. The van der Waals surface area contributed by atoms with Crippen molar-refractivity contribution in [3.63, 3.8) is 0 Å². The first-order chi connectivity index (χ1) is 6.33. The van der Waals surface area contributed by atoms with E-state index in [0.29, 0.717) is 10.3 Å². The summed E-state index contributed by atoms with van der Waals surface area (Å²) >= 11 is 0. The summed E-state index contributed by atoms with van der Waals surface area (Å²) in [7, 11) is 0. The number of oxime groups is 1. The van der Waals surface area contributed by atoms with Crippen LogP contribution >= 0.6 is 0 Å². The average molecular weight is 176 g/mol. The first kappa shape index (κ1) is 9.07.